The molecule has 0 atom stereocenters. The Balaban J connectivity index is 1.90. The van der Waals surface area contributed by atoms with Gasteiger partial charge in [-0.2, -0.15) is 0 Å². The number of hydrogen-bond donors (Lipinski definition) is 2. The summed E-state index contributed by atoms with van der Waals surface area (Å²) in [6.45, 7) is 3.96. The van der Waals surface area contributed by atoms with E-state index in [0.29, 0.717) is 16.6 Å². The molecule has 0 amide bonds. The van der Waals surface area contributed by atoms with Crippen LogP contribution in [0.4, 0.5) is 5.69 Å². The second-order valence-corrected chi connectivity index (χ2v) is 5.33. The average Bonchev–Trinajstić information content (AvgIpc) is 2.49. The van der Waals surface area contributed by atoms with Crippen LogP contribution in [0.2, 0.25) is 0 Å². The van der Waals surface area contributed by atoms with Gasteiger partial charge in [0.15, 0.2) is 16.6 Å². The number of anilines is 1. The van der Waals surface area contributed by atoms with E-state index in [0.717, 1.165) is 31.9 Å². The Kier molecular flexibility index (Phi) is 5.60. The maximum absolute atomic E-state index is 5.34. The number of hydrazine groups is 1. The fourth-order valence-corrected chi connectivity index (χ4v) is 2.38. The molecule has 1 aromatic rings. The number of nitrogens with one attached hydrogen (secondary N) is 2. The smallest absolute Gasteiger partial charge is 0.185 e. The van der Waals surface area contributed by atoms with E-state index >= 15 is 0 Å². The Morgan fingerprint density at radius 3 is 2.38 bits per heavy atom. The molecule has 7 heteroatoms. The molecule has 0 unspecified atom stereocenters. The van der Waals surface area contributed by atoms with Crippen molar-refractivity contribution in [3.8, 4) is 11.5 Å². The summed E-state index contributed by atoms with van der Waals surface area (Å²) >= 11 is 5.34. The quantitative estimate of drug-likeness (QED) is 0.809. The second-order valence-electron chi connectivity index (χ2n) is 4.93. The minimum atomic E-state index is 0.576. The lowest BCUT2D eigenvalue weighted by Gasteiger charge is -2.33. The lowest BCUT2D eigenvalue weighted by molar-refractivity contribution is 0.131. The van der Waals surface area contributed by atoms with Gasteiger partial charge in [-0.25, -0.2) is 5.01 Å². The number of piperazine rings is 1. The topological polar surface area (TPSA) is 49.0 Å². The van der Waals surface area contributed by atoms with Crippen LogP contribution < -0.4 is 20.2 Å². The van der Waals surface area contributed by atoms with Crippen molar-refractivity contribution in [1.29, 1.82) is 0 Å². The van der Waals surface area contributed by atoms with Crippen molar-refractivity contribution in [2.45, 2.75) is 0 Å². The number of ether oxygens (including phenoxy) is 2. The summed E-state index contributed by atoms with van der Waals surface area (Å²) in [5.41, 5.74) is 4.07. The van der Waals surface area contributed by atoms with Gasteiger partial charge >= 0.3 is 0 Å². The first-order valence-corrected chi connectivity index (χ1v) is 7.26. The molecule has 0 radical (unpaired) electrons. The molecule has 1 fully saturated rings. The largest absolute Gasteiger partial charge is 0.493 e. The molecule has 21 heavy (non-hydrogen) atoms. The Morgan fingerprint density at radius 1 is 1.10 bits per heavy atom. The average molecular weight is 310 g/mol. The highest BCUT2D eigenvalue weighted by molar-refractivity contribution is 7.80. The third-order valence-corrected chi connectivity index (χ3v) is 3.60. The predicted molar refractivity (Wildman–Crippen MR) is 88.0 cm³/mol. The van der Waals surface area contributed by atoms with Gasteiger partial charge in [0.1, 0.15) is 0 Å². The molecule has 116 valence electrons. The van der Waals surface area contributed by atoms with E-state index in [2.05, 4.69) is 27.7 Å². The molecule has 1 aliphatic heterocycles. The van der Waals surface area contributed by atoms with E-state index in [-0.39, 0.29) is 0 Å². The van der Waals surface area contributed by atoms with Crippen LogP contribution in [0.1, 0.15) is 0 Å². The molecule has 0 bridgehead atoms. The van der Waals surface area contributed by atoms with Gasteiger partial charge in [-0.1, -0.05) is 0 Å². The fourth-order valence-electron chi connectivity index (χ4n) is 2.13. The molecule has 2 rings (SSSR count). The SMILES string of the molecule is COc1ccc(NC(=S)NN2CCN(C)CC2)cc1OC. The second kappa shape index (κ2) is 7.44. The van der Waals surface area contributed by atoms with Crippen LogP contribution in [0.25, 0.3) is 0 Å². The molecule has 2 N–H and O–H groups in total. The first-order valence-electron chi connectivity index (χ1n) is 6.85. The number of nitrogens with zero attached hydrogens (tertiary/aromatic N) is 2. The molecule has 0 aromatic heterocycles. The molecule has 0 saturated carbocycles. The van der Waals surface area contributed by atoms with Gasteiger partial charge in [-0.3, -0.25) is 5.43 Å². The normalized spacial score (nSPS) is 16.3. The van der Waals surface area contributed by atoms with Crippen LogP contribution >= 0.6 is 12.2 Å². The van der Waals surface area contributed by atoms with Crippen molar-refractivity contribution in [3.05, 3.63) is 18.2 Å². The number of thiocarbonyl (C=S) groups is 1. The van der Waals surface area contributed by atoms with Crippen LogP contribution in [-0.4, -0.2) is 62.5 Å². The van der Waals surface area contributed by atoms with E-state index in [1.807, 2.05) is 18.2 Å². The first kappa shape index (κ1) is 15.8. The Bertz CT molecular complexity index is 490. The zero-order chi connectivity index (χ0) is 15.2. The number of likely N-dealkylation sites (N-methyl/N-ethyl adjacent to an activating group) is 1. The van der Waals surface area contributed by atoms with Crippen molar-refractivity contribution in [3.63, 3.8) is 0 Å². The summed E-state index contributed by atoms with van der Waals surface area (Å²) < 4.78 is 10.5. The Morgan fingerprint density at radius 2 is 1.76 bits per heavy atom. The lowest BCUT2D eigenvalue weighted by atomic mass is 10.3. The van der Waals surface area contributed by atoms with E-state index in [1.54, 1.807) is 14.2 Å². The van der Waals surface area contributed by atoms with Crippen molar-refractivity contribution in [2.24, 2.45) is 0 Å². The summed E-state index contributed by atoms with van der Waals surface area (Å²) in [5.74, 6) is 1.37. The van der Waals surface area contributed by atoms with Gasteiger partial charge in [0, 0.05) is 37.9 Å². The van der Waals surface area contributed by atoms with Crippen molar-refractivity contribution >= 4 is 23.0 Å². The molecule has 6 nitrogen and oxygen atoms in total. The number of rotatable bonds is 4. The van der Waals surface area contributed by atoms with Gasteiger partial charge in [-0.05, 0) is 31.4 Å². The van der Waals surface area contributed by atoms with Crippen LogP contribution in [0.15, 0.2) is 18.2 Å². The van der Waals surface area contributed by atoms with Gasteiger partial charge in [0.25, 0.3) is 0 Å². The first-order chi connectivity index (χ1) is 10.1. The number of methoxy groups -OCH3 is 2. The standard InChI is InChI=1S/C14H22N4O2S/c1-17-6-8-18(9-7-17)16-14(21)15-11-4-5-12(19-2)13(10-11)20-3/h4-5,10H,6-9H2,1-3H3,(H2,15,16,21). The van der Waals surface area contributed by atoms with Crippen LogP contribution in [0.3, 0.4) is 0 Å². The minimum Gasteiger partial charge on any atom is -0.493 e. The molecular formula is C14H22N4O2S. The lowest BCUT2D eigenvalue weighted by Crippen LogP contribution is -2.53. The highest BCUT2D eigenvalue weighted by Crippen LogP contribution is 2.29. The van der Waals surface area contributed by atoms with E-state index in [9.17, 15) is 0 Å². The molecular weight excluding hydrogens is 288 g/mol. The maximum atomic E-state index is 5.34. The van der Waals surface area contributed by atoms with Gasteiger partial charge in [0.2, 0.25) is 0 Å². The van der Waals surface area contributed by atoms with Gasteiger partial charge in [-0.15, -0.1) is 0 Å². The minimum absolute atomic E-state index is 0.576. The summed E-state index contributed by atoms with van der Waals surface area (Å²) in [6.07, 6.45) is 0. The summed E-state index contributed by atoms with van der Waals surface area (Å²) in [5, 5.41) is 5.85. The molecule has 1 aromatic carbocycles. The van der Waals surface area contributed by atoms with Gasteiger partial charge in [0.05, 0.1) is 14.2 Å². The third kappa shape index (κ3) is 4.45. The number of benzene rings is 1. The predicted octanol–water partition coefficient (Wildman–Crippen LogP) is 1.15. The molecule has 1 saturated heterocycles. The molecule has 0 spiro atoms. The zero-order valence-electron chi connectivity index (χ0n) is 12.7. The van der Waals surface area contributed by atoms with Gasteiger partial charge < -0.3 is 19.7 Å². The molecule has 0 aliphatic carbocycles. The van der Waals surface area contributed by atoms with E-state index < -0.39 is 0 Å². The van der Waals surface area contributed by atoms with Crippen molar-refractivity contribution in [2.75, 3.05) is 52.8 Å². The summed E-state index contributed by atoms with van der Waals surface area (Å²) in [6, 6.07) is 5.61. The highest BCUT2D eigenvalue weighted by Gasteiger charge is 2.14. The van der Waals surface area contributed by atoms with Crippen LogP contribution in [0, 0.1) is 0 Å². The molecule has 1 aliphatic rings. The Hall–Kier alpha value is -1.57. The zero-order valence-corrected chi connectivity index (χ0v) is 13.5. The van der Waals surface area contributed by atoms with Crippen LogP contribution in [-0.2, 0) is 0 Å². The van der Waals surface area contributed by atoms with Crippen molar-refractivity contribution < 1.29 is 9.47 Å². The molecule has 1 heterocycles. The monoisotopic (exact) mass is 310 g/mol. The summed E-state index contributed by atoms with van der Waals surface area (Å²) in [7, 11) is 5.35. The Labute approximate surface area is 131 Å². The van der Waals surface area contributed by atoms with E-state index in [1.165, 1.54) is 0 Å². The van der Waals surface area contributed by atoms with Crippen molar-refractivity contribution in [1.82, 2.24) is 15.3 Å². The third-order valence-electron chi connectivity index (χ3n) is 3.40. The fraction of sp³-hybridized carbons (Fsp3) is 0.500. The van der Waals surface area contributed by atoms with Crippen LogP contribution in [0.5, 0.6) is 11.5 Å². The highest BCUT2D eigenvalue weighted by atomic mass is 32.1. The maximum Gasteiger partial charge on any atom is 0.185 e. The number of hydrogen-bond acceptors (Lipinski definition) is 5. The summed E-state index contributed by atoms with van der Waals surface area (Å²) in [4.78, 5) is 2.29. The van der Waals surface area contributed by atoms with E-state index in [4.69, 9.17) is 21.7 Å².